The lowest BCUT2D eigenvalue weighted by Crippen LogP contribution is -2.64. The van der Waals surface area contributed by atoms with Gasteiger partial charge in [-0.05, 0) is 75.5 Å². The van der Waals surface area contributed by atoms with E-state index in [0.29, 0.717) is 32.2 Å². The highest BCUT2D eigenvalue weighted by molar-refractivity contribution is 7.92. The van der Waals surface area contributed by atoms with Gasteiger partial charge < -0.3 is 20.9 Å². The molecule has 4 aliphatic carbocycles. The van der Waals surface area contributed by atoms with Crippen molar-refractivity contribution >= 4 is 39.2 Å². The van der Waals surface area contributed by atoms with Crippen LogP contribution in [-0.4, -0.2) is 95.0 Å². The lowest BCUT2D eigenvalue weighted by molar-refractivity contribution is -0.144. The number of likely N-dealkylation sites (tertiary alicyclic amines) is 1. The van der Waals surface area contributed by atoms with Crippen LogP contribution in [0.4, 0.5) is 4.79 Å². The van der Waals surface area contributed by atoms with E-state index in [4.69, 9.17) is 0 Å². The fraction of sp³-hybridized carbons (Fsp3) is 0.861. The predicted octanol–water partition coefficient (Wildman–Crippen LogP) is 3.03. The average molecular weight is 706 g/mol. The molecule has 5 aliphatic rings. The third-order valence-electron chi connectivity index (χ3n) is 12.0. The Balaban J connectivity index is 1.36. The fourth-order valence-corrected chi connectivity index (χ4v) is 9.96. The maximum absolute atomic E-state index is 14.5. The summed E-state index contributed by atoms with van der Waals surface area (Å²) < 4.78 is 25.7. The summed E-state index contributed by atoms with van der Waals surface area (Å²) in [6.45, 7) is 17.0. The first-order chi connectivity index (χ1) is 22.5. The van der Waals surface area contributed by atoms with Gasteiger partial charge in [0.15, 0.2) is 15.4 Å². The van der Waals surface area contributed by atoms with E-state index in [-0.39, 0.29) is 40.9 Å². The largest absolute Gasteiger partial charge is 0.349 e. The quantitative estimate of drug-likeness (QED) is 0.177. The van der Waals surface area contributed by atoms with Gasteiger partial charge in [-0.15, -0.1) is 0 Å². The summed E-state index contributed by atoms with van der Waals surface area (Å²) in [5.41, 5.74) is -3.27. The van der Waals surface area contributed by atoms with E-state index in [1.165, 1.54) is 0 Å². The number of ketones is 2. The predicted molar refractivity (Wildman–Crippen MR) is 186 cm³/mol. The molecule has 4 N–H and O–H groups in total. The van der Waals surface area contributed by atoms with Crippen LogP contribution in [0.15, 0.2) is 0 Å². The normalized spacial score (nSPS) is 28.3. The Morgan fingerprint density at radius 3 is 2.02 bits per heavy atom. The number of carbonyl (C=O) groups is 5. The van der Waals surface area contributed by atoms with Gasteiger partial charge in [-0.25, -0.2) is 13.2 Å². The van der Waals surface area contributed by atoms with E-state index in [2.05, 4.69) is 35.1 Å². The number of piperidine rings is 1. The van der Waals surface area contributed by atoms with Crippen molar-refractivity contribution in [2.45, 2.75) is 160 Å². The second-order valence-corrected chi connectivity index (χ2v) is 21.0. The van der Waals surface area contributed by atoms with Crippen LogP contribution in [-0.2, 0) is 29.0 Å². The van der Waals surface area contributed by atoms with Gasteiger partial charge in [0.2, 0.25) is 23.4 Å². The number of amides is 4. The summed E-state index contributed by atoms with van der Waals surface area (Å²) in [5.74, 6) is -1.99. The molecule has 13 heteroatoms. The SMILES string of the molecule is CCC[C@H](NC(=O)[C@@H]1C2C(CN1C(=O)[C@@H](NC(=O)NC1(CS(=O)(=O)C(C)(C)C)CCCCC1)C(C)(C)C)C2(C)C)C1(NC2CC2)C(=O)C1=O. The number of carbonyl (C=O) groups excluding carboxylic acids is 5. The van der Waals surface area contributed by atoms with Gasteiger partial charge in [0, 0.05) is 12.6 Å². The smallest absolute Gasteiger partial charge is 0.315 e. The molecule has 12 nitrogen and oxygen atoms in total. The van der Waals surface area contributed by atoms with Gasteiger partial charge >= 0.3 is 6.03 Å². The molecule has 0 aromatic heterocycles. The molecule has 1 heterocycles. The zero-order chi connectivity index (χ0) is 36.5. The molecule has 1 aliphatic heterocycles. The number of fused-ring (bicyclic) bond motifs is 1. The van der Waals surface area contributed by atoms with Gasteiger partial charge in [0.1, 0.15) is 12.1 Å². The maximum atomic E-state index is 14.5. The molecule has 5 fully saturated rings. The van der Waals surface area contributed by atoms with Crippen LogP contribution in [0.25, 0.3) is 0 Å². The third-order valence-corrected chi connectivity index (χ3v) is 14.8. The monoisotopic (exact) mass is 705 g/mol. The van der Waals surface area contributed by atoms with Crippen molar-refractivity contribution in [3.63, 3.8) is 0 Å². The number of rotatable bonds is 12. The summed E-state index contributed by atoms with van der Waals surface area (Å²) >= 11 is 0. The Morgan fingerprint density at radius 2 is 1.53 bits per heavy atom. The van der Waals surface area contributed by atoms with Crippen molar-refractivity contribution in [3.8, 4) is 0 Å². The highest BCUT2D eigenvalue weighted by Gasteiger charge is 2.73. The Labute approximate surface area is 292 Å². The first-order valence-corrected chi connectivity index (χ1v) is 20.0. The second kappa shape index (κ2) is 12.6. The van der Waals surface area contributed by atoms with Crippen LogP contribution in [0, 0.1) is 22.7 Å². The lowest BCUT2D eigenvalue weighted by atomic mass is 9.83. The van der Waals surface area contributed by atoms with E-state index >= 15 is 0 Å². The van der Waals surface area contributed by atoms with Crippen molar-refractivity contribution in [2.75, 3.05) is 12.3 Å². The maximum Gasteiger partial charge on any atom is 0.315 e. The van der Waals surface area contributed by atoms with Crippen molar-refractivity contribution in [1.29, 1.82) is 0 Å². The Kier molecular flexibility index (Phi) is 9.69. The highest BCUT2D eigenvalue weighted by Crippen LogP contribution is 2.65. The molecule has 5 rings (SSSR count). The Morgan fingerprint density at radius 1 is 0.939 bits per heavy atom. The fourth-order valence-electron chi connectivity index (χ4n) is 8.44. The van der Waals surface area contributed by atoms with E-state index < -0.39 is 66.8 Å². The first kappa shape index (κ1) is 37.7. The van der Waals surface area contributed by atoms with Crippen LogP contribution in [0.2, 0.25) is 0 Å². The van der Waals surface area contributed by atoms with Gasteiger partial charge in [-0.1, -0.05) is 67.2 Å². The number of hydrogen-bond acceptors (Lipinski definition) is 8. The van der Waals surface area contributed by atoms with Gasteiger partial charge in [0.05, 0.1) is 22.1 Å². The van der Waals surface area contributed by atoms with Crippen LogP contribution in [0.5, 0.6) is 0 Å². The number of Topliss-reactive ketones (excluding diaryl/α,β-unsaturated/α-hetero) is 2. The van der Waals surface area contributed by atoms with Crippen LogP contribution in [0.1, 0.15) is 120 Å². The third kappa shape index (κ3) is 7.04. The van der Waals surface area contributed by atoms with Crippen LogP contribution >= 0.6 is 0 Å². The van der Waals surface area contributed by atoms with Crippen molar-refractivity contribution in [1.82, 2.24) is 26.2 Å². The molecule has 0 spiro atoms. The topological polar surface area (TPSA) is 171 Å². The second-order valence-electron chi connectivity index (χ2n) is 18.2. The van der Waals surface area contributed by atoms with Gasteiger partial charge in [-0.3, -0.25) is 24.5 Å². The van der Waals surface area contributed by atoms with Crippen LogP contribution < -0.4 is 21.3 Å². The molecule has 0 aromatic rings. The first-order valence-electron chi connectivity index (χ1n) is 18.3. The standard InChI is InChI=1S/C36H59N5O7S/c1-10-14-23(36(27(42)28(36)43)39-21-15-16-21)37-29(44)25-24-22(34(24,8)9)19-41(25)30(45)26(32(2,3)4)38-31(46)40-35(17-12-11-13-18-35)20-49(47,48)33(5,6)7/h21-26,39H,10-20H2,1-9H3,(H,37,44)(H2,38,40,46)/t22?,23-,24?,25-,26+/m0/s1. The number of sulfone groups is 1. The molecule has 1 saturated heterocycles. The highest BCUT2D eigenvalue weighted by atomic mass is 32.2. The zero-order valence-corrected chi connectivity index (χ0v) is 31.8. The summed E-state index contributed by atoms with van der Waals surface area (Å²) in [6, 6.07) is -3.09. The van der Waals surface area contributed by atoms with Crippen LogP contribution in [0.3, 0.4) is 0 Å². The number of hydrogen-bond donors (Lipinski definition) is 4. The molecule has 276 valence electrons. The minimum absolute atomic E-state index is 0.0778. The van der Waals surface area contributed by atoms with Crippen molar-refractivity contribution in [3.05, 3.63) is 0 Å². The summed E-state index contributed by atoms with van der Waals surface area (Å²) in [6.07, 6.45) is 6.42. The molecule has 0 radical (unpaired) electrons. The summed E-state index contributed by atoms with van der Waals surface area (Å²) in [5, 5.41) is 12.2. The molecular weight excluding hydrogens is 646 g/mol. The number of urea groups is 1. The molecule has 49 heavy (non-hydrogen) atoms. The minimum atomic E-state index is -3.56. The summed E-state index contributed by atoms with van der Waals surface area (Å²) in [7, 11) is -3.56. The Hall–Kier alpha value is -2.54. The van der Waals surface area contributed by atoms with E-state index in [1.807, 2.05) is 27.7 Å². The zero-order valence-electron chi connectivity index (χ0n) is 31.0. The van der Waals surface area contributed by atoms with Gasteiger partial charge in [-0.2, -0.15) is 0 Å². The molecule has 0 bridgehead atoms. The number of nitrogens with one attached hydrogen (secondary N) is 4. The summed E-state index contributed by atoms with van der Waals surface area (Å²) in [4.78, 5) is 69.6. The molecule has 2 unspecified atom stereocenters. The molecule has 4 saturated carbocycles. The average Bonchev–Trinajstić information content (AvgIpc) is 3.91. The van der Waals surface area contributed by atoms with E-state index in [9.17, 15) is 32.4 Å². The molecule has 5 atom stereocenters. The Bertz CT molecular complexity index is 1470. The molecule has 0 aromatic carbocycles. The molecule has 4 amide bonds. The van der Waals surface area contributed by atoms with Gasteiger partial charge in [0.25, 0.3) is 0 Å². The van der Waals surface area contributed by atoms with E-state index in [0.717, 1.165) is 32.1 Å². The van der Waals surface area contributed by atoms with E-state index in [1.54, 1.807) is 25.7 Å². The lowest BCUT2D eigenvalue weighted by Gasteiger charge is -2.41. The minimum Gasteiger partial charge on any atom is -0.349 e. The van der Waals surface area contributed by atoms with Crippen molar-refractivity contribution < 1.29 is 32.4 Å². The molecular formula is C36H59N5O7S. The van der Waals surface area contributed by atoms with Crippen molar-refractivity contribution in [2.24, 2.45) is 22.7 Å². The number of nitrogens with zero attached hydrogens (tertiary/aromatic N) is 1.